The molecule has 0 aliphatic carbocycles. The van der Waals surface area contributed by atoms with Crippen molar-refractivity contribution in [2.24, 2.45) is 0 Å². The molecule has 2 rings (SSSR count). The van der Waals surface area contributed by atoms with Gasteiger partial charge in [-0.3, -0.25) is 4.79 Å². The maximum Gasteiger partial charge on any atom is 0.228 e. The normalized spacial score (nSPS) is 21.7. The molecule has 0 saturated carbocycles. The summed E-state index contributed by atoms with van der Waals surface area (Å²) in [6.07, 6.45) is 2.10. The summed E-state index contributed by atoms with van der Waals surface area (Å²) < 4.78 is 0. The van der Waals surface area contributed by atoms with E-state index in [1.54, 1.807) is 23.2 Å². The minimum atomic E-state index is 0.0918. The summed E-state index contributed by atoms with van der Waals surface area (Å²) in [6, 6.07) is 3.47. The molecular weight excluding hydrogens is 220 g/mol. The van der Waals surface area contributed by atoms with Gasteiger partial charge in [0, 0.05) is 18.2 Å². The van der Waals surface area contributed by atoms with Crippen LogP contribution in [0.5, 0.6) is 0 Å². The van der Waals surface area contributed by atoms with Gasteiger partial charge < -0.3 is 4.90 Å². The summed E-state index contributed by atoms with van der Waals surface area (Å²) in [7, 11) is 0. The predicted molar refractivity (Wildman–Crippen MR) is 59.0 cm³/mol. The van der Waals surface area contributed by atoms with E-state index in [-0.39, 0.29) is 11.2 Å². The van der Waals surface area contributed by atoms with Crippen LogP contribution in [0.3, 0.4) is 0 Å². The molecule has 1 fully saturated rings. The van der Waals surface area contributed by atoms with Crippen LogP contribution in [0.4, 0.5) is 5.69 Å². The van der Waals surface area contributed by atoms with Crippen molar-refractivity contribution in [2.45, 2.75) is 11.7 Å². The smallest absolute Gasteiger partial charge is 0.228 e. The van der Waals surface area contributed by atoms with Crippen LogP contribution in [0, 0.1) is 0 Å². The van der Waals surface area contributed by atoms with Crippen LogP contribution in [0.25, 0.3) is 0 Å². The first-order valence-corrected chi connectivity index (χ1v) is 5.16. The van der Waals surface area contributed by atoms with Crippen molar-refractivity contribution >= 4 is 35.8 Å². The Bertz CT molecular complexity index is 354. The molecule has 0 bridgehead atoms. The number of rotatable bonds is 1. The Balaban J connectivity index is 2.23. The summed E-state index contributed by atoms with van der Waals surface area (Å²) in [5.74, 6) is 0.0918. The number of anilines is 1. The second-order valence-corrected chi connectivity index (χ2v) is 4.32. The maximum atomic E-state index is 11.5. The first-order chi connectivity index (χ1) is 6.66. The lowest BCUT2D eigenvalue weighted by Gasteiger charge is -2.14. The van der Waals surface area contributed by atoms with E-state index in [4.69, 9.17) is 11.6 Å². The third kappa shape index (κ3) is 1.86. The van der Waals surface area contributed by atoms with Gasteiger partial charge in [-0.15, -0.1) is 0 Å². The van der Waals surface area contributed by atoms with E-state index in [0.29, 0.717) is 18.1 Å². The lowest BCUT2D eigenvalue weighted by Crippen LogP contribution is -2.24. The van der Waals surface area contributed by atoms with Crippen LogP contribution >= 0.6 is 24.2 Å². The Kier molecular flexibility index (Phi) is 2.65. The zero-order valence-electron chi connectivity index (χ0n) is 7.35. The van der Waals surface area contributed by atoms with Crippen molar-refractivity contribution in [3.8, 4) is 0 Å². The largest absolute Gasteiger partial charge is 0.310 e. The molecule has 1 aliphatic heterocycles. The molecule has 1 atom stereocenters. The number of amides is 1. The number of hydrogen-bond donors (Lipinski definition) is 1. The molecule has 74 valence electrons. The van der Waals surface area contributed by atoms with Gasteiger partial charge in [0.15, 0.2) is 0 Å². The fourth-order valence-corrected chi connectivity index (χ4v) is 1.90. The van der Waals surface area contributed by atoms with Gasteiger partial charge in [0.25, 0.3) is 0 Å². The number of aromatic nitrogens is 1. The Morgan fingerprint density at radius 3 is 2.86 bits per heavy atom. The van der Waals surface area contributed by atoms with Gasteiger partial charge in [-0.25, -0.2) is 4.98 Å². The molecule has 0 radical (unpaired) electrons. The highest BCUT2D eigenvalue weighted by molar-refractivity contribution is 7.81. The molecule has 0 N–H and O–H groups in total. The first-order valence-electron chi connectivity index (χ1n) is 4.27. The highest BCUT2D eigenvalue weighted by Crippen LogP contribution is 2.23. The number of thiol groups is 1. The van der Waals surface area contributed by atoms with Crippen LogP contribution in [-0.2, 0) is 4.79 Å². The molecule has 14 heavy (non-hydrogen) atoms. The van der Waals surface area contributed by atoms with Gasteiger partial charge >= 0.3 is 0 Å². The fourth-order valence-electron chi connectivity index (χ4n) is 1.47. The standard InChI is InChI=1S/C9H9ClN2OS/c10-8-2-1-6(4-11-8)12-5-7(14)3-9(12)13/h1-2,4,7,14H,3,5H2. The van der Waals surface area contributed by atoms with E-state index >= 15 is 0 Å². The second-order valence-electron chi connectivity index (χ2n) is 3.20. The van der Waals surface area contributed by atoms with E-state index in [9.17, 15) is 4.79 Å². The highest BCUT2D eigenvalue weighted by Gasteiger charge is 2.28. The third-order valence-corrected chi connectivity index (χ3v) is 2.70. The average molecular weight is 229 g/mol. The van der Waals surface area contributed by atoms with Crippen LogP contribution in [0.15, 0.2) is 18.3 Å². The molecule has 1 amide bonds. The van der Waals surface area contributed by atoms with Gasteiger partial charge in [0.05, 0.1) is 11.9 Å². The zero-order chi connectivity index (χ0) is 10.1. The number of halogens is 1. The van der Waals surface area contributed by atoms with Gasteiger partial charge in [-0.05, 0) is 12.1 Å². The minimum absolute atomic E-state index is 0.0918. The van der Waals surface area contributed by atoms with Crippen molar-refractivity contribution in [1.29, 1.82) is 0 Å². The minimum Gasteiger partial charge on any atom is -0.310 e. The maximum absolute atomic E-state index is 11.5. The summed E-state index contributed by atoms with van der Waals surface area (Å²) in [5.41, 5.74) is 0.788. The molecule has 3 nitrogen and oxygen atoms in total. The van der Waals surface area contributed by atoms with Crippen LogP contribution < -0.4 is 4.90 Å². The van der Waals surface area contributed by atoms with Crippen LogP contribution in [0.2, 0.25) is 5.15 Å². The number of hydrogen-bond acceptors (Lipinski definition) is 3. The van der Waals surface area contributed by atoms with E-state index in [2.05, 4.69) is 17.6 Å². The van der Waals surface area contributed by atoms with E-state index < -0.39 is 0 Å². The van der Waals surface area contributed by atoms with Crippen LogP contribution in [0.1, 0.15) is 6.42 Å². The lowest BCUT2D eigenvalue weighted by molar-refractivity contribution is -0.117. The Labute approximate surface area is 92.5 Å². The SMILES string of the molecule is O=C1CC(S)CN1c1ccc(Cl)nc1. The molecule has 0 aromatic carbocycles. The monoisotopic (exact) mass is 228 g/mol. The molecule has 1 saturated heterocycles. The van der Waals surface area contributed by atoms with Crippen molar-refractivity contribution < 1.29 is 4.79 Å². The number of carbonyl (C=O) groups is 1. The molecule has 1 unspecified atom stereocenters. The van der Waals surface area contributed by atoms with Gasteiger partial charge in [0.2, 0.25) is 5.91 Å². The number of pyridine rings is 1. The van der Waals surface area contributed by atoms with Gasteiger partial charge in [-0.2, -0.15) is 12.6 Å². The molecule has 5 heteroatoms. The summed E-state index contributed by atoms with van der Waals surface area (Å²) in [4.78, 5) is 17.1. The molecule has 0 spiro atoms. The van der Waals surface area contributed by atoms with Crippen molar-refractivity contribution in [1.82, 2.24) is 4.98 Å². The predicted octanol–water partition coefficient (Wildman–Crippen LogP) is 1.77. The molecular formula is C9H9ClN2OS. The molecule has 1 aromatic heterocycles. The van der Waals surface area contributed by atoms with Crippen molar-refractivity contribution in [3.63, 3.8) is 0 Å². The van der Waals surface area contributed by atoms with E-state index in [1.807, 2.05) is 0 Å². The molecule has 1 aliphatic rings. The van der Waals surface area contributed by atoms with Crippen molar-refractivity contribution in [2.75, 3.05) is 11.4 Å². The van der Waals surface area contributed by atoms with Gasteiger partial charge in [-0.1, -0.05) is 11.6 Å². The van der Waals surface area contributed by atoms with E-state index in [1.165, 1.54) is 0 Å². The van der Waals surface area contributed by atoms with E-state index in [0.717, 1.165) is 5.69 Å². The Hall–Kier alpha value is -0.740. The average Bonchev–Trinajstić information content (AvgIpc) is 2.47. The first kappa shape index (κ1) is 9.80. The second kappa shape index (κ2) is 3.79. The lowest BCUT2D eigenvalue weighted by atomic mass is 10.4. The van der Waals surface area contributed by atoms with Gasteiger partial charge in [0.1, 0.15) is 5.15 Å². The summed E-state index contributed by atoms with van der Waals surface area (Å²) in [6.45, 7) is 0.644. The number of carbonyl (C=O) groups excluding carboxylic acids is 1. The topological polar surface area (TPSA) is 33.2 Å². The van der Waals surface area contributed by atoms with Crippen molar-refractivity contribution in [3.05, 3.63) is 23.5 Å². The highest BCUT2D eigenvalue weighted by atomic mass is 35.5. The molecule has 1 aromatic rings. The Morgan fingerprint density at radius 2 is 2.36 bits per heavy atom. The summed E-state index contributed by atoms with van der Waals surface area (Å²) in [5, 5.41) is 0.556. The molecule has 2 heterocycles. The fraction of sp³-hybridized carbons (Fsp3) is 0.333. The third-order valence-electron chi connectivity index (χ3n) is 2.13. The van der Waals surface area contributed by atoms with Crippen LogP contribution in [-0.4, -0.2) is 22.7 Å². The summed E-state index contributed by atoms with van der Waals surface area (Å²) >= 11 is 9.93. The Morgan fingerprint density at radius 1 is 1.57 bits per heavy atom. The quantitative estimate of drug-likeness (QED) is 0.587. The zero-order valence-corrected chi connectivity index (χ0v) is 9.00. The number of nitrogens with zero attached hydrogens (tertiary/aromatic N) is 2.